The van der Waals surface area contributed by atoms with Gasteiger partial charge in [0.05, 0.1) is 24.7 Å². The van der Waals surface area contributed by atoms with E-state index in [9.17, 15) is 14.0 Å². The molecule has 4 atom stereocenters. The van der Waals surface area contributed by atoms with Gasteiger partial charge >= 0.3 is 0 Å². The number of hydrogen-bond donors (Lipinski definition) is 0. The maximum absolute atomic E-state index is 13.9. The van der Waals surface area contributed by atoms with E-state index in [2.05, 4.69) is 33.2 Å². The first kappa shape index (κ1) is 21.8. The molecule has 0 aromatic heterocycles. The van der Waals surface area contributed by atoms with Gasteiger partial charge in [-0.2, -0.15) is 10.1 Å². The van der Waals surface area contributed by atoms with E-state index < -0.39 is 0 Å². The Morgan fingerprint density at radius 2 is 1.76 bits per heavy atom. The smallest absolute Gasteiger partial charge is 0.254 e. The predicted octanol–water partition coefficient (Wildman–Crippen LogP) is 4.71. The molecule has 2 amide bonds. The van der Waals surface area contributed by atoms with Crippen molar-refractivity contribution < 1.29 is 23.5 Å². The van der Waals surface area contributed by atoms with Gasteiger partial charge in [-0.1, -0.05) is 30.4 Å². The Morgan fingerprint density at radius 3 is 2.42 bits per heavy atom. The molecule has 2 fully saturated rings. The summed E-state index contributed by atoms with van der Waals surface area (Å²) in [5.41, 5.74) is 1.05. The van der Waals surface area contributed by atoms with E-state index in [1.54, 1.807) is 30.3 Å². The van der Waals surface area contributed by atoms with Crippen molar-refractivity contribution >= 4 is 34.0 Å². The fourth-order valence-corrected chi connectivity index (χ4v) is 5.35. The maximum atomic E-state index is 13.9. The molecule has 2 aromatic carbocycles. The van der Waals surface area contributed by atoms with Crippen molar-refractivity contribution in [2.45, 2.75) is 20.0 Å². The molecule has 3 aliphatic rings. The van der Waals surface area contributed by atoms with E-state index in [0.29, 0.717) is 33.7 Å². The van der Waals surface area contributed by atoms with Crippen LogP contribution in [-0.2, 0) is 16.2 Å². The van der Waals surface area contributed by atoms with Gasteiger partial charge in [-0.15, -0.1) is 0 Å². The second kappa shape index (κ2) is 8.74. The molecule has 1 saturated heterocycles. The van der Waals surface area contributed by atoms with Crippen LogP contribution in [0.15, 0.2) is 58.1 Å². The Balaban J connectivity index is 1.36. The molecule has 0 spiro atoms. The standard InChI is InChI=1S/C25H22BrFN2O4/c1-2-32-20-10-17(18(26)11-21(20)33-13-16-5-3-4-6-19(16)27)12-28-29-24(30)22-14-7-8-15(9-14)23(22)25(29)31/h3-8,10-12,14-15,22-23H,2,9,13H2,1H3/t14-,15-,22-,23+/m0/s1. The highest BCUT2D eigenvalue weighted by molar-refractivity contribution is 9.10. The molecule has 33 heavy (non-hydrogen) atoms. The number of imide groups is 1. The van der Waals surface area contributed by atoms with E-state index in [1.807, 2.05) is 6.92 Å². The Kier molecular flexibility index (Phi) is 5.78. The minimum absolute atomic E-state index is 0.0442. The molecule has 0 radical (unpaired) electrons. The van der Waals surface area contributed by atoms with Gasteiger partial charge in [-0.25, -0.2) is 4.39 Å². The first-order chi connectivity index (χ1) is 16.0. The summed E-state index contributed by atoms with van der Waals surface area (Å²) >= 11 is 3.49. The van der Waals surface area contributed by atoms with Crippen LogP contribution in [0.1, 0.15) is 24.5 Å². The van der Waals surface area contributed by atoms with Crippen molar-refractivity contribution in [3.63, 3.8) is 0 Å². The first-order valence-electron chi connectivity index (χ1n) is 10.9. The largest absolute Gasteiger partial charge is 0.490 e. The second-order valence-corrected chi connectivity index (χ2v) is 9.22. The topological polar surface area (TPSA) is 68.2 Å². The van der Waals surface area contributed by atoms with Crippen LogP contribution in [0.25, 0.3) is 0 Å². The number of fused-ring (bicyclic) bond motifs is 5. The van der Waals surface area contributed by atoms with Crippen molar-refractivity contribution in [3.8, 4) is 11.5 Å². The lowest BCUT2D eigenvalue weighted by molar-refractivity contribution is -0.140. The highest BCUT2D eigenvalue weighted by atomic mass is 79.9. The van der Waals surface area contributed by atoms with Crippen LogP contribution < -0.4 is 9.47 Å². The number of rotatable bonds is 7. The molecular formula is C25H22BrFN2O4. The van der Waals surface area contributed by atoms with Crippen molar-refractivity contribution in [2.75, 3.05) is 6.61 Å². The molecular weight excluding hydrogens is 491 g/mol. The molecule has 0 unspecified atom stereocenters. The van der Waals surface area contributed by atoms with Gasteiger partial charge in [0.15, 0.2) is 11.5 Å². The molecule has 1 saturated carbocycles. The number of hydrazone groups is 1. The molecule has 0 N–H and O–H groups in total. The van der Waals surface area contributed by atoms with Crippen LogP contribution in [-0.4, -0.2) is 29.6 Å². The molecule has 1 aliphatic heterocycles. The van der Waals surface area contributed by atoms with Crippen LogP contribution in [0.3, 0.4) is 0 Å². The SMILES string of the molecule is CCOc1cc(C=NN2C(=O)[C@@H]3[C@H](C2=O)[C@H]2C=C[C@H]3C2)c(Br)cc1OCc1ccccc1F. The number of amides is 2. The minimum Gasteiger partial charge on any atom is -0.490 e. The third-order valence-corrected chi connectivity index (χ3v) is 7.15. The van der Waals surface area contributed by atoms with E-state index in [0.717, 1.165) is 11.4 Å². The lowest BCUT2D eigenvalue weighted by Gasteiger charge is -2.15. The first-order valence-corrected chi connectivity index (χ1v) is 11.7. The van der Waals surface area contributed by atoms with E-state index in [4.69, 9.17) is 9.47 Å². The van der Waals surface area contributed by atoms with Gasteiger partial charge in [0.1, 0.15) is 12.4 Å². The highest BCUT2D eigenvalue weighted by Crippen LogP contribution is 2.52. The molecule has 2 aromatic rings. The van der Waals surface area contributed by atoms with Crippen LogP contribution >= 0.6 is 15.9 Å². The Labute approximate surface area is 199 Å². The molecule has 170 valence electrons. The van der Waals surface area contributed by atoms with E-state index in [-0.39, 0.29) is 47.9 Å². The summed E-state index contributed by atoms with van der Waals surface area (Å²) in [4.78, 5) is 25.7. The maximum Gasteiger partial charge on any atom is 0.254 e. The van der Waals surface area contributed by atoms with Gasteiger partial charge < -0.3 is 9.47 Å². The Morgan fingerprint density at radius 1 is 1.09 bits per heavy atom. The number of allylic oxidation sites excluding steroid dienone is 2. The molecule has 8 heteroatoms. The summed E-state index contributed by atoms with van der Waals surface area (Å²) in [6.45, 7) is 2.29. The molecule has 6 nitrogen and oxygen atoms in total. The average molecular weight is 513 g/mol. The quantitative estimate of drug-likeness (QED) is 0.306. The molecule has 2 aliphatic carbocycles. The summed E-state index contributed by atoms with van der Waals surface area (Å²) in [5.74, 6) is -0.216. The lowest BCUT2D eigenvalue weighted by atomic mass is 9.85. The lowest BCUT2D eigenvalue weighted by Crippen LogP contribution is -2.28. The fraction of sp³-hybridized carbons (Fsp3) is 0.320. The van der Waals surface area contributed by atoms with Crippen molar-refractivity contribution in [1.82, 2.24) is 5.01 Å². The number of nitrogens with zero attached hydrogens (tertiary/aromatic N) is 2. The fourth-order valence-electron chi connectivity index (χ4n) is 4.92. The van der Waals surface area contributed by atoms with E-state index in [1.165, 1.54) is 12.3 Å². The normalized spacial score (nSPS) is 25.4. The average Bonchev–Trinajstić information content (AvgIpc) is 3.48. The second-order valence-electron chi connectivity index (χ2n) is 8.37. The van der Waals surface area contributed by atoms with Gasteiger partial charge in [0.25, 0.3) is 11.8 Å². The summed E-state index contributed by atoms with van der Waals surface area (Å²) < 4.78 is 26.1. The summed E-state index contributed by atoms with van der Waals surface area (Å²) in [6.07, 6.45) is 6.45. The zero-order chi connectivity index (χ0) is 23.1. The third kappa shape index (κ3) is 3.86. The number of carbonyl (C=O) groups excluding carboxylic acids is 2. The highest BCUT2D eigenvalue weighted by Gasteiger charge is 2.59. The van der Waals surface area contributed by atoms with Gasteiger partial charge in [-0.3, -0.25) is 9.59 Å². The number of carbonyl (C=O) groups is 2. The monoisotopic (exact) mass is 512 g/mol. The van der Waals surface area contributed by atoms with Crippen LogP contribution in [0, 0.1) is 29.5 Å². The van der Waals surface area contributed by atoms with Crippen LogP contribution in [0.4, 0.5) is 4.39 Å². The van der Waals surface area contributed by atoms with E-state index >= 15 is 0 Å². The molecule has 1 heterocycles. The van der Waals surface area contributed by atoms with Gasteiger partial charge in [-0.05, 0) is 59.3 Å². The van der Waals surface area contributed by atoms with Gasteiger partial charge in [0.2, 0.25) is 0 Å². The number of halogens is 2. The number of benzene rings is 2. The van der Waals surface area contributed by atoms with Crippen LogP contribution in [0.2, 0.25) is 0 Å². The number of ether oxygens (including phenoxy) is 2. The Hall–Kier alpha value is -3.00. The van der Waals surface area contributed by atoms with Crippen molar-refractivity contribution in [1.29, 1.82) is 0 Å². The van der Waals surface area contributed by atoms with Gasteiger partial charge in [0, 0.05) is 15.6 Å². The summed E-state index contributed by atoms with van der Waals surface area (Å²) in [7, 11) is 0. The molecule has 2 bridgehead atoms. The predicted molar refractivity (Wildman–Crippen MR) is 123 cm³/mol. The zero-order valence-electron chi connectivity index (χ0n) is 17.9. The summed E-state index contributed by atoms with van der Waals surface area (Å²) in [6, 6.07) is 9.84. The molecule has 5 rings (SSSR count). The summed E-state index contributed by atoms with van der Waals surface area (Å²) in [5, 5.41) is 5.25. The van der Waals surface area contributed by atoms with Crippen molar-refractivity contribution in [3.05, 3.63) is 70.0 Å². The Bertz CT molecular complexity index is 1150. The van der Waals surface area contributed by atoms with Crippen LogP contribution in [0.5, 0.6) is 11.5 Å². The number of hydrogen-bond acceptors (Lipinski definition) is 5. The van der Waals surface area contributed by atoms with Crippen molar-refractivity contribution in [2.24, 2.45) is 28.8 Å². The third-order valence-electron chi connectivity index (χ3n) is 6.46. The minimum atomic E-state index is -0.341. The zero-order valence-corrected chi connectivity index (χ0v) is 19.5.